The largest absolute Gasteiger partial charge is 0.455 e. The van der Waals surface area contributed by atoms with E-state index in [1.807, 2.05) is 18.2 Å². The molecule has 6 nitrogen and oxygen atoms in total. The van der Waals surface area contributed by atoms with Gasteiger partial charge in [-0.15, -0.1) is 0 Å². The van der Waals surface area contributed by atoms with Gasteiger partial charge in [0.15, 0.2) is 11.3 Å². The van der Waals surface area contributed by atoms with E-state index in [2.05, 4.69) is 4.98 Å². The first-order chi connectivity index (χ1) is 10.2. The summed E-state index contributed by atoms with van der Waals surface area (Å²) in [5.41, 5.74) is 8.06. The standard InChI is InChI=1S/C15H14N2O4/c16-10-7-14-11(17-15(19)21-14)8-13(10)20-12-4-2-1-3-9(12)5-6-18/h1-4,7-8,18H,5-6,16H2,(H,17,19). The van der Waals surface area contributed by atoms with Crippen LogP contribution in [0.4, 0.5) is 5.69 Å². The molecule has 3 aromatic rings. The number of H-pyrrole nitrogens is 1. The highest BCUT2D eigenvalue weighted by Gasteiger charge is 2.10. The number of oxazole rings is 1. The number of aliphatic hydroxyl groups excluding tert-OH is 1. The van der Waals surface area contributed by atoms with Crippen molar-refractivity contribution in [3.8, 4) is 11.5 Å². The zero-order valence-electron chi connectivity index (χ0n) is 11.1. The normalized spacial score (nSPS) is 10.9. The van der Waals surface area contributed by atoms with Crippen molar-refractivity contribution in [3.63, 3.8) is 0 Å². The number of nitrogens with one attached hydrogen (secondary N) is 1. The summed E-state index contributed by atoms with van der Waals surface area (Å²) in [7, 11) is 0. The van der Waals surface area contributed by atoms with E-state index in [0.717, 1.165) is 5.56 Å². The number of benzene rings is 2. The minimum Gasteiger partial charge on any atom is -0.455 e. The van der Waals surface area contributed by atoms with Gasteiger partial charge in [0.25, 0.3) is 0 Å². The average molecular weight is 286 g/mol. The number of hydrogen-bond donors (Lipinski definition) is 3. The molecule has 2 aromatic carbocycles. The SMILES string of the molecule is Nc1cc2oc(=O)[nH]c2cc1Oc1ccccc1CCO. The molecule has 21 heavy (non-hydrogen) atoms. The van der Waals surface area contributed by atoms with Crippen molar-refractivity contribution in [3.05, 3.63) is 52.5 Å². The van der Waals surface area contributed by atoms with E-state index in [4.69, 9.17) is 20.0 Å². The highest BCUT2D eigenvalue weighted by molar-refractivity contribution is 5.80. The molecule has 3 rings (SSSR count). The van der Waals surface area contributed by atoms with E-state index < -0.39 is 5.76 Å². The molecule has 1 heterocycles. The summed E-state index contributed by atoms with van der Waals surface area (Å²) in [5, 5.41) is 9.08. The maximum atomic E-state index is 11.2. The molecule has 108 valence electrons. The van der Waals surface area contributed by atoms with Gasteiger partial charge in [-0.05, 0) is 18.1 Å². The van der Waals surface area contributed by atoms with Crippen LogP contribution in [0.2, 0.25) is 0 Å². The van der Waals surface area contributed by atoms with Gasteiger partial charge in [0.1, 0.15) is 5.75 Å². The molecule has 0 atom stereocenters. The molecule has 0 fully saturated rings. The summed E-state index contributed by atoms with van der Waals surface area (Å²) in [5.74, 6) is 0.496. The van der Waals surface area contributed by atoms with Crippen LogP contribution in [0.1, 0.15) is 5.56 Å². The van der Waals surface area contributed by atoms with Crippen LogP contribution in [0.25, 0.3) is 11.1 Å². The Kier molecular flexibility index (Phi) is 3.37. The van der Waals surface area contributed by atoms with Gasteiger partial charge in [-0.25, -0.2) is 4.79 Å². The number of aromatic nitrogens is 1. The van der Waals surface area contributed by atoms with Gasteiger partial charge in [0.2, 0.25) is 0 Å². The van der Waals surface area contributed by atoms with Crippen LogP contribution in [0.3, 0.4) is 0 Å². The Labute approximate surface area is 119 Å². The summed E-state index contributed by atoms with van der Waals surface area (Å²) in [6.45, 7) is 0.0317. The van der Waals surface area contributed by atoms with Crippen molar-refractivity contribution in [2.24, 2.45) is 0 Å². The number of aromatic amines is 1. The van der Waals surface area contributed by atoms with E-state index in [1.165, 1.54) is 6.07 Å². The first kappa shape index (κ1) is 13.3. The molecular weight excluding hydrogens is 272 g/mol. The summed E-state index contributed by atoms with van der Waals surface area (Å²) in [6.07, 6.45) is 0.487. The van der Waals surface area contributed by atoms with Crippen molar-refractivity contribution in [2.45, 2.75) is 6.42 Å². The predicted molar refractivity (Wildman–Crippen MR) is 78.6 cm³/mol. The molecule has 0 radical (unpaired) electrons. The minimum absolute atomic E-state index is 0.0317. The fourth-order valence-electron chi connectivity index (χ4n) is 2.13. The van der Waals surface area contributed by atoms with E-state index >= 15 is 0 Å². The summed E-state index contributed by atoms with van der Waals surface area (Å²) in [4.78, 5) is 13.7. The third-order valence-corrected chi connectivity index (χ3v) is 3.13. The lowest BCUT2D eigenvalue weighted by atomic mass is 10.1. The maximum absolute atomic E-state index is 11.2. The number of hydrogen-bond acceptors (Lipinski definition) is 5. The van der Waals surface area contributed by atoms with Gasteiger partial charge in [0.05, 0.1) is 11.2 Å². The molecule has 0 saturated carbocycles. The van der Waals surface area contributed by atoms with Crippen LogP contribution in [-0.2, 0) is 6.42 Å². The zero-order chi connectivity index (χ0) is 14.8. The molecule has 0 bridgehead atoms. The molecule has 6 heteroatoms. The Bertz CT molecular complexity index is 835. The molecule has 0 unspecified atom stereocenters. The molecule has 1 aromatic heterocycles. The molecule has 0 amide bonds. The monoisotopic (exact) mass is 286 g/mol. The maximum Gasteiger partial charge on any atom is 0.417 e. The average Bonchev–Trinajstić information content (AvgIpc) is 2.81. The first-order valence-corrected chi connectivity index (χ1v) is 6.46. The first-order valence-electron chi connectivity index (χ1n) is 6.46. The fourth-order valence-corrected chi connectivity index (χ4v) is 2.13. The van der Waals surface area contributed by atoms with Crippen LogP contribution < -0.4 is 16.2 Å². The van der Waals surface area contributed by atoms with Gasteiger partial charge in [-0.1, -0.05) is 18.2 Å². The Balaban J connectivity index is 2.01. The predicted octanol–water partition coefficient (Wildman–Crippen LogP) is 2.03. The smallest absolute Gasteiger partial charge is 0.417 e. The van der Waals surface area contributed by atoms with Crippen LogP contribution in [-0.4, -0.2) is 16.7 Å². The zero-order valence-corrected chi connectivity index (χ0v) is 11.1. The number of rotatable bonds is 4. The van der Waals surface area contributed by atoms with Gasteiger partial charge in [-0.3, -0.25) is 4.98 Å². The summed E-state index contributed by atoms with van der Waals surface area (Å²) < 4.78 is 10.7. The van der Waals surface area contributed by atoms with Gasteiger partial charge in [0, 0.05) is 18.7 Å². The van der Waals surface area contributed by atoms with Gasteiger partial charge >= 0.3 is 5.76 Å². The molecule has 0 aliphatic carbocycles. The third kappa shape index (κ3) is 2.61. The minimum atomic E-state index is -0.540. The second-order valence-electron chi connectivity index (χ2n) is 4.58. The fraction of sp³-hybridized carbons (Fsp3) is 0.133. The van der Waals surface area contributed by atoms with E-state index in [-0.39, 0.29) is 6.61 Å². The highest BCUT2D eigenvalue weighted by atomic mass is 16.5. The molecule has 0 saturated heterocycles. The van der Waals surface area contributed by atoms with Crippen molar-refractivity contribution >= 4 is 16.8 Å². The number of aliphatic hydroxyl groups is 1. The Morgan fingerprint density at radius 2 is 2.05 bits per heavy atom. The number of anilines is 1. The molecule has 4 N–H and O–H groups in total. The molecule has 0 aliphatic heterocycles. The van der Waals surface area contributed by atoms with Crippen molar-refractivity contribution < 1.29 is 14.3 Å². The lowest BCUT2D eigenvalue weighted by Gasteiger charge is -2.12. The summed E-state index contributed by atoms with van der Waals surface area (Å²) in [6, 6.07) is 10.5. The molecular formula is C15H14N2O4. The van der Waals surface area contributed by atoms with Crippen molar-refractivity contribution in [1.29, 1.82) is 0 Å². The number of fused-ring (bicyclic) bond motifs is 1. The lowest BCUT2D eigenvalue weighted by Crippen LogP contribution is -1.97. The van der Waals surface area contributed by atoms with Gasteiger partial charge in [-0.2, -0.15) is 0 Å². The highest BCUT2D eigenvalue weighted by Crippen LogP contribution is 2.32. The number of nitrogen functional groups attached to an aromatic ring is 1. The van der Waals surface area contributed by atoms with E-state index in [0.29, 0.717) is 34.7 Å². The quantitative estimate of drug-likeness (QED) is 0.637. The van der Waals surface area contributed by atoms with Crippen LogP contribution in [0, 0.1) is 0 Å². The lowest BCUT2D eigenvalue weighted by molar-refractivity contribution is 0.298. The van der Waals surface area contributed by atoms with Crippen molar-refractivity contribution in [2.75, 3.05) is 12.3 Å². The third-order valence-electron chi connectivity index (χ3n) is 3.13. The molecule has 0 aliphatic rings. The topological polar surface area (TPSA) is 101 Å². The number of nitrogens with two attached hydrogens (primary N) is 1. The number of ether oxygens (including phenoxy) is 1. The van der Waals surface area contributed by atoms with Crippen LogP contribution >= 0.6 is 0 Å². The Morgan fingerprint density at radius 1 is 1.24 bits per heavy atom. The number of para-hydroxylation sites is 1. The molecule has 0 spiro atoms. The van der Waals surface area contributed by atoms with Crippen LogP contribution in [0.5, 0.6) is 11.5 Å². The van der Waals surface area contributed by atoms with Gasteiger partial charge < -0.3 is 20.0 Å². The Hall–Kier alpha value is -2.73. The van der Waals surface area contributed by atoms with E-state index in [9.17, 15) is 4.79 Å². The van der Waals surface area contributed by atoms with Crippen LogP contribution in [0.15, 0.2) is 45.6 Å². The summed E-state index contributed by atoms with van der Waals surface area (Å²) >= 11 is 0. The van der Waals surface area contributed by atoms with Crippen molar-refractivity contribution in [1.82, 2.24) is 4.98 Å². The Morgan fingerprint density at radius 3 is 2.86 bits per heavy atom. The van der Waals surface area contributed by atoms with E-state index in [1.54, 1.807) is 12.1 Å². The second kappa shape index (κ2) is 5.34. The second-order valence-corrected chi connectivity index (χ2v) is 4.58.